The molecular weight excluding hydrogens is 410 g/mol. The lowest BCUT2D eigenvalue weighted by atomic mass is 10.0. The second kappa shape index (κ2) is 9.84. The van der Waals surface area contributed by atoms with Crippen molar-refractivity contribution in [1.82, 2.24) is 4.98 Å². The van der Waals surface area contributed by atoms with E-state index in [-0.39, 0.29) is 29.3 Å². The maximum atomic E-state index is 12.5. The number of nitriles is 2. The minimum absolute atomic E-state index is 0.0207. The number of anilines is 2. The summed E-state index contributed by atoms with van der Waals surface area (Å²) in [6.45, 7) is 4.00. The van der Waals surface area contributed by atoms with E-state index in [0.29, 0.717) is 22.1 Å². The summed E-state index contributed by atoms with van der Waals surface area (Å²) in [6, 6.07) is 13.4. The Bertz CT molecular complexity index is 1190. The van der Waals surface area contributed by atoms with E-state index >= 15 is 0 Å². The Morgan fingerprint density at radius 1 is 1.23 bits per heavy atom. The highest BCUT2D eigenvalue weighted by Gasteiger charge is 2.22. The van der Waals surface area contributed by atoms with Crippen molar-refractivity contribution in [3.63, 3.8) is 0 Å². The van der Waals surface area contributed by atoms with Crippen LogP contribution >= 0.6 is 11.8 Å². The average molecular weight is 432 g/mol. The smallest absolute Gasteiger partial charge is 0.225 e. The summed E-state index contributed by atoms with van der Waals surface area (Å²) in [4.78, 5) is 16.7. The Morgan fingerprint density at radius 3 is 2.65 bits per heavy atom. The van der Waals surface area contributed by atoms with Crippen LogP contribution < -0.4 is 11.1 Å². The van der Waals surface area contributed by atoms with Crippen molar-refractivity contribution in [1.29, 1.82) is 10.5 Å². The van der Waals surface area contributed by atoms with Gasteiger partial charge in [-0.25, -0.2) is 4.98 Å². The molecule has 0 bridgehead atoms. The molecule has 0 spiro atoms. The molecule has 1 aromatic carbocycles. The summed E-state index contributed by atoms with van der Waals surface area (Å²) >= 11 is 1.24. The van der Waals surface area contributed by atoms with Gasteiger partial charge in [0.25, 0.3) is 0 Å². The number of aromatic nitrogens is 1. The monoisotopic (exact) mass is 431 g/mol. The quantitative estimate of drug-likeness (QED) is 0.521. The molecule has 0 aliphatic rings. The predicted octanol–water partition coefficient (Wildman–Crippen LogP) is 4.66. The maximum absolute atomic E-state index is 12.5. The molecule has 0 atom stereocenters. The molecule has 3 rings (SSSR count). The Balaban J connectivity index is 1.78. The lowest BCUT2D eigenvalue weighted by Crippen LogP contribution is -2.14. The third kappa shape index (κ3) is 4.71. The minimum atomic E-state index is -0.122. The van der Waals surface area contributed by atoms with Crippen LogP contribution in [0.25, 0.3) is 11.3 Å². The number of amides is 1. The van der Waals surface area contributed by atoms with Gasteiger partial charge in [0.05, 0.1) is 17.4 Å². The molecule has 0 saturated carbocycles. The number of pyridine rings is 1. The van der Waals surface area contributed by atoms with E-state index in [9.17, 15) is 15.3 Å². The van der Waals surface area contributed by atoms with E-state index in [1.165, 1.54) is 18.0 Å². The number of nitrogens with two attached hydrogens (primary N) is 1. The van der Waals surface area contributed by atoms with Crippen LogP contribution in [-0.2, 0) is 11.2 Å². The van der Waals surface area contributed by atoms with Crippen molar-refractivity contribution >= 4 is 29.2 Å². The van der Waals surface area contributed by atoms with E-state index in [1.54, 1.807) is 12.1 Å². The van der Waals surface area contributed by atoms with Gasteiger partial charge in [-0.2, -0.15) is 10.5 Å². The van der Waals surface area contributed by atoms with Gasteiger partial charge in [-0.05, 0) is 36.6 Å². The molecule has 2 aromatic heterocycles. The lowest BCUT2D eigenvalue weighted by Gasteiger charge is -2.13. The van der Waals surface area contributed by atoms with Gasteiger partial charge in [-0.3, -0.25) is 4.79 Å². The van der Waals surface area contributed by atoms with Crippen LogP contribution in [0.4, 0.5) is 11.5 Å². The van der Waals surface area contributed by atoms with Crippen LogP contribution in [0.5, 0.6) is 0 Å². The summed E-state index contributed by atoms with van der Waals surface area (Å²) in [7, 11) is 0. The number of thioether (sulfide) groups is 1. The van der Waals surface area contributed by atoms with Gasteiger partial charge < -0.3 is 15.5 Å². The molecule has 0 fully saturated rings. The molecule has 156 valence electrons. The highest BCUT2D eigenvalue weighted by atomic mass is 32.2. The first-order chi connectivity index (χ1) is 15.0. The number of hydrogen-bond acceptors (Lipinski definition) is 7. The first kappa shape index (κ1) is 21.9. The number of benzene rings is 1. The van der Waals surface area contributed by atoms with E-state index in [1.807, 2.05) is 38.1 Å². The predicted molar refractivity (Wildman–Crippen MR) is 120 cm³/mol. The number of nitrogens with one attached hydrogen (secondary N) is 1. The highest BCUT2D eigenvalue weighted by Crippen LogP contribution is 2.36. The fraction of sp³-hybridized carbons (Fsp3) is 0.217. The first-order valence-corrected chi connectivity index (χ1v) is 10.7. The molecular formula is C23H21N5O2S. The lowest BCUT2D eigenvalue weighted by molar-refractivity contribution is -0.115. The molecule has 0 aliphatic heterocycles. The molecule has 0 aliphatic carbocycles. The number of aryl methyl sites for hydroxylation is 2. The van der Waals surface area contributed by atoms with Crippen molar-refractivity contribution in [2.75, 3.05) is 16.8 Å². The van der Waals surface area contributed by atoms with Gasteiger partial charge in [0.1, 0.15) is 34.3 Å². The molecule has 3 aromatic rings. The Kier molecular flexibility index (Phi) is 6.96. The summed E-state index contributed by atoms with van der Waals surface area (Å²) in [5.41, 5.74) is 9.53. The van der Waals surface area contributed by atoms with Gasteiger partial charge >= 0.3 is 0 Å². The van der Waals surface area contributed by atoms with Crippen molar-refractivity contribution < 1.29 is 9.21 Å². The van der Waals surface area contributed by atoms with E-state index in [2.05, 4.69) is 16.4 Å². The Hall–Kier alpha value is -3.75. The number of hydrogen-bond donors (Lipinski definition) is 2. The van der Waals surface area contributed by atoms with E-state index in [4.69, 9.17) is 10.2 Å². The SMILES string of the molecule is CCc1cccc(C)c1NC(=O)CCSc1nc(N)c(C#N)c(-c2ccco2)c1C#N. The van der Waals surface area contributed by atoms with Crippen LogP contribution in [0.15, 0.2) is 46.0 Å². The summed E-state index contributed by atoms with van der Waals surface area (Å²) in [5, 5.41) is 22.6. The van der Waals surface area contributed by atoms with Gasteiger partial charge in [-0.1, -0.05) is 25.1 Å². The third-order valence-electron chi connectivity index (χ3n) is 4.76. The zero-order valence-corrected chi connectivity index (χ0v) is 18.0. The Morgan fingerprint density at radius 2 is 2.00 bits per heavy atom. The largest absolute Gasteiger partial charge is 0.464 e. The molecule has 0 radical (unpaired) electrons. The minimum Gasteiger partial charge on any atom is -0.464 e. The average Bonchev–Trinajstić information content (AvgIpc) is 3.29. The van der Waals surface area contributed by atoms with Gasteiger partial charge in [0.15, 0.2) is 0 Å². The van der Waals surface area contributed by atoms with Crippen LogP contribution in [-0.4, -0.2) is 16.6 Å². The fourth-order valence-electron chi connectivity index (χ4n) is 3.21. The molecule has 0 unspecified atom stereocenters. The second-order valence-corrected chi connectivity index (χ2v) is 7.82. The van der Waals surface area contributed by atoms with Gasteiger partial charge in [0.2, 0.25) is 5.91 Å². The number of nitrogens with zero attached hydrogens (tertiary/aromatic N) is 3. The number of carbonyl (C=O) groups is 1. The van der Waals surface area contributed by atoms with Crippen molar-refractivity contribution in [3.05, 3.63) is 58.8 Å². The van der Waals surface area contributed by atoms with Crippen LogP contribution in [0.1, 0.15) is 35.6 Å². The summed E-state index contributed by atoms with van der Waals surface area (Å²) < 4.78 is 5.40. The second-order valence-electron chi connectivity index (χ2n) is 6.74. The van der Waals surface area contributed by atoms with Crippen LogP contribution in [0, 0.1) is 29.6 Å². The topological polar surface area (TPSA) is 129 Å². The zero-order chi connectivity index (χ0) is 22.4. The molecule has 0 saturated heterocycles. The summed E-state index contributed by atoms with van der Waals surface area (Å²) in [6.07, 6.45) is 2.51. The van der Waals surface area contributed by atoms with Crippen molar-refractivity contribution in [2.45, 2.75) is 31.7 Å². The molecule has 7 nitrogen and oxygen atoms in total. The zero-order valence-electron chi connectivity index (χ0n) is 17.2. The number of nitrogen functional groups attached to an aromatic ring is 1. The van der Waals surface area contributed by atoms with Crippen LogP contribution in [0.2, 0.25) is 0 Å². The molecule has 31 heavy (non-hydrogen) atoms. The third-order valence-corrected chi connectivity index (χ3v) is 5.73. The normalized spacial score (nSPS) is 10.3. The number of carbonyl (C=O) groups excluding carboxylic acids is 1. The summed E-state index contributed by atoms with van der Waals surface area (Å²) in [5.74, 6) is 0.660. The number of para-hydroxylation sites is 1. The fourth-order valence-corrected chi connectivity index (χ4v) is 4.15. The number of furan rings is 1. The van der Waals surface area contributed by atoms with Crippen LogP contribution in [0.3, 0.4) is 0 Å². The highest BCUT2D eigenvalue weighted by molar-refractivity contribution is 7.99. The molecule has 1 amide bonds. The maximum Gasteiger partial charge on any atom is 0.225 e. The van der Waals surface area contributed by atoms with Crippen molar-refractivity contribution in [2.24, 2.45) is 0 Å². The molecule has 8 heteroatoms. The first-order valence-electron chi connectivity index (χ1n) is 9.68. The number of rotatable bonds is 7. The molecule has 2 heterocycles. The van der Waals surface area contributed by atoms with Crippen molar-refractivity contribution in [3.8, 4) is 23.5 Å². The van der Waals surface area contributed by atoms with Gasteiger partial charge in [0, 0.05) is 17.9 Å². The van der Waals surface area contributed by atoms with E-state index < -0.39 is 0 Å². The Labute approximate surface area is 184 Å². The standard InChI is InChI=1S/C23H21N5O2S/c1-3-15-7-4-6-14(2)21(15)27-19(29)9-11-31-23-17(13-25)20(18-8-5-10-30-18)16(12-24)22(26)28-23/h4-8,10H,3,9,11H2,1-2H3,(H2,26,28)(H,27,29). The van der Waals surface area contributed by atoms with E-state index in [0.717, 1.165) is 23.2 Å². The molecule has 3 N–H and O–H groups in total. The van der Waals surface area contributed by atoms with Gasteiger partial charge in [-0.15, -0.1) is 11.8 Å².